The summed E-state index contributed by atoms with van der Waals surface area (Å²) < 4.78 is 34.3. The Labute approximate surface area is 180 Å². The number of fused-ring (bicyclic) bond motifs is 1. The molecule has 0 bridgehead atoms. The molecule has 0 spiro atoms. The van der Waals surface area contributed by atoms with E-state index >= 15 is 0 Å². The summed E-state index contributed by atoms with van der Waals surface area (Å²) in [6.07, 6.45) is 0. The zero-order valence-electron chi connectivity index (χ0n) is 17.3. The van der Waals surface area contributed by atoms with E-state index in [1.54, 1.807) is 50.4 Å². The second kappa shape index (κ2) is 8.26. The lowest BCUT2D eigenvalue weighted by molar-refractivity contribution is 0.0730. The number of carbonyl (C=O) groups is 1. The lowest BCUT2D eigenvalue weighted by Gasteiger charge is -2.26. The van der Waals surface area contributed by atoms with E-state index in [0.717, 1.165) is 0 Å². The van der Waals surface area contributed by atoms with Gasteiger partial charge in [-0.2, -0.15) is 4.31 Å². The average Bonchev–Trinajstić information content (AvgIpc) is 2.78. The fourth-order valence-electron chi connectivity index (χ4n) is 3.68. The smallest absolute Gasteiger partial charge is 0.256 e. The largest absolute Gasteiger partial charge is 0.379 e. The number of ether oxygens (including phenoxy) is 1. The van der Waals surface area contributed by atoms with Gasteiger partial charge in [-0.25, -0.2) is 8.42 Å². The highest BCUT2D eigenvalue weighted by Gasteiger charge is 2.28. The standard InChI is InChI=1S/C22H23N3O5S/c1-15-7-8-16(13-20(15)31(28,29)25-9-11-30-12-10-25)23-22(27)18-14-21(26)24(2)19-6-4-3-5-17(18)19/h3-8,13-14H,9-12H2,1-2H3,(H,23,27). The van der Waals surface area contributed by atoms with Crippen molar-refractivity contribution in [2.45, 2.75) is 11.8 Å². The van der Waals surface area contributed by atoms with Gasteiger partial charge in [-0.1, -0.05) is 24.3 Å². The molecule has 1 aliphatic rings. The van der Waals surface area contributed by atoms with Gasteiger partial charge >= 0.3 is 0 Å². The maximum absolute atomic E-state index is 13.1. The summed E-state index contributed by atoms with van der Waals surface area (Å²) in [4.78, 5) is 25.4. The predicted molar refractivity (Wildman–Crippen MR) is 118 cm³/mol. The van der Waals surface area contributed by atoms with Crippen LogP contribution in [0, 0.1) is 6.92 Å². The fraction of sp³-hybridized carbons (Fsp3) is 0.273. The SMILES string of the molecule is Cc1ccc(NC(=O)c2cc(=O)n(C)c3ccccc23)cc1S(=O)(=O)N1CCOCC1. The van der Waals surface area contributed by atoms with E-state index in [-0.39, 0.29) is 29.1 Å². The van der Waals surface area contributed by atoms with Crippen molar-refractivity contribution in [3.05, 3.63) is 70.0 Å². The number of anilines is 1. The molecular formula is C22H23N3O5S. The number of hydrogen-bond acceptors (Lipinski definition) is 5. The Hall–Kier alpha value is -3.01. The average molecular weight is 442 g/mol. The Morgan fingerprint density at radius 3 is 2.52 bits per heavy atom. The number of para-hydroxylation sites is 1. The molecule has 0 atom stereocenters. The van der Waals surface area contributed by atoms with Crippen molar-refractivity contribution in [3.63, 3.8) is 0 Å². The van der Waals surface area contributed by atoms with Gasteiger partial charge in [0.05, 0.1) is 29.2 Å². The molecule has 3 aromatic rings. The highest BCUT2D eigenvalue weighted by molar-refractivity contribution is 7.89. The molecule has 1 aliphatic heterocycles. The lowest BCUT2D eigenvalue weighted by atomic mass is 10.1. The van der Waals surface area contributed by atoms with Gasteiger partial charge in [0.1, 0.15) is 0 Å². The van der Waals surface area contributed by atoms with Gasteiger partial charge < -0.3 is 14.6 Å². The van der Waals surface area contributed by atoms with E-state index in [4.69, 9.17) is 4.74 Å². The van der Waals surface area contributed by atoms with E-state index in [9.17, 15) is 18.0 Å². The number of nitrogens with one attached hydrogen (secondary N) is 1. The summed E-state index contributed by atoms with van der Waals surface area (Å²) in [5.74, 6) is -0.479. The van der Waals surface area contributed by atoms with Crippen LogP contribution < -0.4 is 10.9 Å². The second-order valence-electron chi connectivity index (χ2n) is 7.42. The molecule has 31 heavy (non-hydrogen) atoms. The molecule has 0 aliphatic carbocycles. The number of pyridine rings is 1. The highest BCUT2D eigenvalue weighted by Crippen LogP contribution is 2.25. The molecule has 2 heterocycles. The van der Waals surface area contributed by atoms with E-state index in [0.29, 0.717) is 35.4 Å². The molecule has 2 aromatic carbocycles. The number of aromatic nitrogens is 1. The number of nitrogens with zero attached hydrogens (tertiary/aromatic N) is 2. The number of amides is 1. The van der Waals surface area contributed by atoms with Crippen LogP contribution in [-0.2, 0) is 21.8 Å². The van der Waals surface area contributed by atoms with Crippen molar-refractivity contribution in [1.82, 2.24) is 8.87 Å². The Balaban J connectivity index is 1.69. The summed E-state index contributed by atoms with van der Waals surface area (Å²) in [5.41, 5.74) is 1.50. The molecule has 0 radical (unpaired) electrons. The molecule has 1 amide bonds. The number of rotatable bonds is 4. The van der Waals surface area contributed by atoms with Crippen LogP contribution in [0.3, 0.4) is 0 Å². The minimum atomic E-state index is -3.71. The first-order chi connectivity index (χ1) is 14.8. The first-order valence-corrected chi connectivity index (χ1v) is 11.3. The van der Waals surface area contributed by atoms with Gasteiger partial charge in [0.15, 0.2) is 0 Å². The van der Waals surface area contributed by atoms with E-state index in [2.05, 4.69) is 5.32 Å². The molecule has 162 valence electrons. The fourth-order valence-corrected chi connectivity index (χ4v) is 5.34. The summed E-state index contributed by atoms with van der Waals surface area (Å²) >= 11 is 0. The predicted octanol–water partition coefficient (Wildman–Crippen LogP) is 2.12. The first kappa shape index (κ1) is 21.2. The van der Waals surface area contributed by atoms with Crippen LogP contribution in [0.5, 0.6) is 0 Å². The monoisotopic (exact) mass is 441 g/mol. The topological polar surface area (TPSA) is 97.7 Å². The molecule has 4 rings (SSSR count). The van der Waals surface area contributed by atoms with Crippen LogP contribution in [-0.4, -0.2) is 49.5 Å². The highest BCUT2D eigenvalue weighted by atomic mass is 32.2. The zero-order chi connectivity index (χ0) is 22.2. The third-order valence-electron chi connectivity index (χ3n) is 5.43. The third-order valence-corrected chi connectivity index (χ3v) is 7.47. The molecule has 1 saturated heterocycles. The van der Waals surface area contributed by atoms with Crippen LogP contribution in [0.4, 0.5) is 5.69 Å². The normalized spacial score (nSPS) is 15.2. The first-order valence-electron chi connectivity index (χ1n) is 9.88. The third kappa shape index (κ3) is 3.99. The lowest BCUT2D eigenvalue weighted by Crippen LogP contribution is -2.40. The molecule has 1 N–H and O–H groups in total. The van der Waals surface area contributed by atoms with Gasteiger partial charge in [-0.15, -0.1) is 0 Å². The second-order valence-corrected chi connectivity index (χ2v) is 9.33. The van der Waals surface area contributed by atoms with Crippen molar-refractivity contribution in [3.8, 4) is 0 Å². The van der Waals surface area contributed by atoms with Crippen LogP contribution >= 0.6 is 0 Å². The van der Waals surface area contributed by atoms with Gasteiger partial charge in [-0.3, -0.25) is 9.59 Å². The Morgan fingerprint density at radius 2 is 1.77 bits per heavy atom. The van der Waals surface area contributed by atoms with Crippen LogP contribution in [0.15, 0.2) is 58.2 Å². The van der Waals surface area contributed by atoms with Crippen molar-refractivity contribution in [2.24, 2.45) is 7.05 Å². The minimum absolute atomic E-state index is 0.140. The number of hydrogen-bond donors (Lipinski definition) is 1. The molecule has 0 saturated carbocycles. The zero-order valence-corrected chi connectivity index (χ0v) is 18.1. The summed E-state index contributed by atoms with van der Waals surface area (Å²) in [6, 6.07) is 13.2. The van der Waals surface area contributed by atoms with Crippen LogP contribution in [0.25, 0.3) is 10.9 Å². The van der Waals surface area contributed by atoms with Gasteiger partial charge in [0.2, 0.25) is 10.0 Å². The summed E-state index contributed by atoms with van der Waals surface area (Å²) in [7, 11) is -2.07. The number of carbonyl (C=O) groups excluding carboxylic acids is 1. The van der Waals surface area contributed by atoms with E-state index in [1.807, 2.05) is 0 Å². The van der Waals surface area contributed by atoms with Gasteiger partial charge in [0, 0.05) is 37.3 Å². The Kier molecular flexibility index (Phi) is 5.65. The van der Waals surface area contributed by atoms with Crippen molar-refractivity contribution in [1.29, 1.82) is 0 Å². The van der Waals surface area contributed by atoms with E-state index in [1.165, 1.54) is 21.0 Å². The molecular weight excluding hydrogens is 418 g/mol. The number of morpholine rings is 1. The molecule has 1 aromatic heterocycles. The van der Waals surface area contributed by atoms with Crippen LogP contribution in [0.1, 0.15) is 15.9 Å². The van der Waals surface area contributed by atoms with Gasteiger partial charge in [-0.05, 0) is 30.7 Å². The summed E-state index contributed by atoms with van der Waals surface area (Å²) in [6.45, 7) is 3.00. The molecule has 9 heteroatoms. The summed E-state index contributed by atoms with van der Waals surface area (Å²) in [5, 5.41) is 3.38. The number of sulfonamides is 1. The maximum Gasteiger partial charge on any atom is 0.256 e. The number of benzene rings is 2. The van der Waals surface area contributed by atoms with Crippen molar-refractivity contribution >= 4 is 32.5 Å². The molecule has 8 nitrogen and oxygen atoms in total. The van der Waals surface area contributed by atoms with Crippen molar-refractivity contribution in [2.75, 3.05) is 31.6 Å². The Bertz CT molecular complexity index is 1320. The van der Waals surface area contributed by atoms with E-state index < -0.39 is 15.9 Å². The maximum atomic E-state index is 13.1. The van der Waals surface area contributed by atoms with Crippen molar-refractivity contribution < 1.29 is 17.9 Å². The molecule has 1 fully saturated rings. The number of aryl methyl sites for hydroxylation is 2. The minimum Gasteiger partial charge on any atom is -0.379 e. The van der Waals surface area contributed by atoms with Crippen LogP contribution in [0.2, 0.25) is 0 Å². The quantitative estimate of drug-likeness (QED) is 0.669. The Morgan fingerprint density at radius 1 is 1.06 bits per heavy atom. The van der Waals surface area contributed by atoms with Gasteiger partial charge in [0.25, 0.3) is 11.5 Å². The molecule has 0 unspecified atom stereocenters.